The van der Waals surface area contributed by atoms with Gasteiger partial charge >= 0.3 is 0 Å². The molecule has 4 nitrogen and oxygen atoms in total. The van der Waals surface area contributed by atoms with Crippen LogP contribution in [0.2, 0.25) is 0 Å². The van der Waals surface area contributed by atoms with Crippen LogP contribution in [0.1, 0.15) is 21.7 Å². The second kappa shape index (κ2) is 7.61. The first-order valence-electron chi connectivity index (χ1n) is 7.77. The number of aromatic nitrogens is 2. The zero-order chi connectivity index (χ0) is 18.7. The first kappa shape index (κ1) is 18.0. The van der Waals surface area contributed by atoms with E-state index in [0.717, 1.165) is 28.4 Å². The predicted molar refractivity (Wildman–Crippen MR) is 96.4 cm³/mol. The number of benzene rings is 2. The van der Waals surface area contributed by atoms with Crippen molar-refractivity contribution >= 4 is 23.4 Å². The fraction of sp³-hybridized carbons (Fsp3) is 0.105. The lowest BCUT2D eigenvalue weighted by Gasteiger charge is -2.07. The molecule has 26 heavy (non-hydrogen) atoms. The number of anilines is 1. The number of hydrogen-bond donors (Lipinski definition) is 1. The number of hydrogen-bond acceptors (Lipinski definition) is 4. The van der Waals surface area contributed by atoms with Crippen LogP contribution in [0.5, 0.6) is 0 Å². The van der Waals surface area contributed by atoms with Crippen molar-refractivity contribution in [2.75, 3.05) is 5.32 Å². The van der Waals surface area contributed by atoms with Gasteiger partial charge in [0.15, 0.2) is 5.16 Å². The Kier molecular flexibility index (Phi) is 5.27. The number of nitrogens with one attached hydrogen (secondary N) is 1. The summed E-state index contributed by atoms with van der Waals surface area (Å²) in [5.74, 6) is -2.27. The van der Waals surface area contributed by atoms with Gasteiger partial charge in [-0.05, 0) is 68.1 Å². The molecule has 0 aliphatic rings. The van der Waals surface area contributed by atoms with E-state index in [1.165, 1.54) is 11.8 Å². The molecule has 7 heteroatoms. The highest BCUT2D eigenvalue weighted by Crippen LogP contribution is 2.26. The standard InChI is InChI=1S/C19H15F2N3OS/c1-11-9-12(2)23-19(22-11)26-15-6-4-14(5-7-15)24-18(25)16-8-3-13(20)10-17(16)21/h3-10H,1-2H3,(H,24,25). The van der Waals surface area contributed by atoms with Crippen molar-refractivity contribution in [3.63, 3.8) is 0 Å². The van der Waals surface area contributed by atoms with Crippen molar-refractivity contribution in [3.05, 3.63) is 77.1 Å². The molecule has 0 bridgehead atoms. The van der Waals surface area contributed by atoms with Gasteiger partial charge < -0.3 is 5.32 Å². The zero-order valence-electron chi connectivity index (χ0n) is 14.1. The quantitative estimate of drug-likeness (QED) is 0.671. The normalized spacial score (nSPS) is 10.6. The van der Waals surface area contributed by atoms with Gasteiger partial charge in [0, 0.05) is 28.0 Å². The van der Waals surface area contributed by atoms with E-state index in [4.69, 9.17) is 0 Å². The van der Waals surface area contributed by atoms with Gasteiger partial charge in [-0.15, -0.1) is 0 Å². The SMILES string of the molecule is Cc1cc(C)nc(Sc2ccc(NC(=O)c3ccc(F)cc3F)cc2)n1. The van der Waals surface area contributed by atoms with Gasteiger partial charge in [0.05, 0.1) is 5.56 Å². The summed E-state index contributed by atoms with van der Waals surface area (Å²) < 4.78 is 26.6. The van der Waals surface area contributed by atoms with E-state index < -0.39 is 17.5 Å². The summed E-state index contributed by atoms with van der Waals surface area (Å²) >= 11 is 1.41. The minimum Gasteiger partial charge on any atom is -0.322 e. The number of carbonyl (C=O) groups is 1. The Morgan fingerprint density at radius 2 is 1.62 bits per heavy atom. The van der Waals surface area contributed by atoms with E-state index in [1.807, 2.05) is 32.0 Å². The van der Waals surface area contributed by atoms with Crippen molar-refractivity contribution in [3.8, 4) is 0 Å². The van der Waals surface area contributed by atoms with Gasteiger partial charge in [-0.25, -0.2) is 18.7 Å². The van der Waals surface area contributed by atoms with Crippen molar-refractivity contribution in [1.82, 2.24) is 9.97 Å². The lowest BCUT2D eigenvalue weighted by Crippen LogP contribution is -2.13. The molecule has 0 fully saturated rings. The summed E-state index contributed by atoms with van der Waals surface area (Å²) in [6.45, 7) is 3.82. The van der Waals surface area contributed by atoms with Gasteiger partial charge in [0.2, 0.25) is 0 Å². The monoisotopic (exact) mass is 371 g/mol. The van der Waals surface area contributed by atoms with E-state index in [-0.39, 0.29) is 5.56 Å². The zero-order valence-corrected chi connectivity index (χ0v) is 14.9. The molecule has 0 spiro atoms. The summed E-state index contributed by atoms with van der Waals surface area (Å²) in [6, 6.07) is 11.7. The maximum Gasteiger partial charge on any atom is 0.258 e. The van der Waals surface area contributed by atoms with E-state index >= 15 is 0 Å². The molecule has 2 aromatic carbocycles. The second-order valence-electron chi connectivity index (χ2n) is 5.64. The van der Waals surface area contributed by atoms with E-state index in [9.17, 15) is 13.6 Å². The highest BCUT2D eigenvalue weighted by molar-refractivity contribution is 7.99. The Bertz CT molecular complexity index is 941. The first-order chi connectivity index (χ1) is 12.4. The molecule has 3 aromatic rings. The van der Waals surface area contributed by atoms with Crippen LogP contribution in [0, 0.1) is 25.5 Å². The molecule has 1 N–H and O–H groups in total. The van der Waals surface area contributed by atoms with Crippen LogP contribution < -0.4 is 5.32 Å². The molecular formula is C19H15F2N3OS. The van der Waals surface area contributed by atoms with Gasteiger partial charge in [0.1, 0.15) is 11.6 Å². The summed E-state index contributed by atoms with van der Waals surface area (Å²) in [5.41, 5.74) is 2.08. The van der Waals surface area contributed by atoms with Crippen LogP contribution in [-0.2, 0) is 0 Å². The third kappa shape index (κ3) is 4.43. The Morgan fingerprint density at radius 3 is 2.23 bits per heavy atom. The molecule has 1 heterocycles. The number of carbonyl (C=O) groups excluding carboxylic acids is 1. The van der Waals surface area contributed by atoms with Crippen LogP contribution in [-0.4, -0.2) is 15.9 Å². The highest BCUT2D eigenvalue weighted by Gasteiger charge is 2.13. The Balaban J connectivity index is 1.70. The van der Waals surface area contributed by atoms with Crippen LogP contribution in [0.15, 0.2) is 58.6 Å². The Labute approximate surface area is 153 Å². The molecule has 0 aliphatic carbocycles. The molecule has 1 aromatic heterocycles. The average molecular weight is 371 g/mol. The Hall–Kier alpha value is -2.80. The number of nitrogens with zero attached hydrogens (tertiary/aromatic N) is 2. The maximum atomic E-state index is 13.7. The molecule has 0 saturated carbocycles. The van der Waals surface area contributed by atoms with Crippen LogP contribution in [0.25, 0.3) is 0 Å². The highest BCUT2D eigenvalue weighted by atomic mass is 32.2. The largest absolute Gasteiger partial charge is 0.322 e. The summed E-state index contributed by atoms with van der Waals surface area (Å²) in [4.78, 5) is 21.7. The molecule has 3 rings (SSSR count). The molecular weight excluding hydrogens is 356 g/mol. The van der Waals surface area contributed by atoms with Gasteiger partial charge in [-0.1, -0.05) is 0 Å². The third-order valence-electron chi connectivity index (χ3n) is 3.46. The molecule has 0 unspecified atom stereocenters. The average Bonchev–Trinajstić information content (AvgIpc) is 2.55. The van der Waals surface area contributed by atoms with Gasteiger partial charge in [-0.2, -0.15) is 0 Å². The van der Waals surface area contributed by atoms with E-state index in [2.05, 4.69) is 15.3 Å². The van der Waals surface area contributed by atoms with Crippen LogP contribution in [0.3, 0.4) is 0 Å². The number of aryl methyl sites for hydroxylation is 2. The lowest BCUT2D eigenvalue weighted by molar-refractivity contribution is 0.102. The summed E-state index contributed by atoms with van der Waals surface area (Å²) in [6.07, 6.45) is 0. The molecule has 132 valence electrons. The lowest BCUT2D eigenvalue weighted by atomic mass is 10.2. The van der Waals surface area contributed by atoms with E-state index in [1.54, 1.807) is 12.1 Å². The first-order valence-corrected chi connectivity index (χ1v) is 8.59. The van der Waals surface area contributed by atoms with Gasteiger partial charge in [-0.3, -0.25) is 4.79 Å². The molecule has 0 atom stereocenters. The minimum atomic E-state index is -0.901. The molecule has 0 aliphatic heterocycles. The predicted octanol–water partition coefficient (Wildman–Crippen LogP) is 4.78. The van der Waals surface area contributed by atoms with Crippen LogP contribution >= 0.6 is 11.8 Å². The van der Waals surface area contributed by atoms with Crippen molar-refractivity contribution in [1.29, 1.82) is 0 Å². The summed E-state index contributed by atoms with van der Waals surface area (Å²) in [7, 11) is 0. The minimum absolute atomic E-state index is 0.214. The fourth-order valence-electron chi connectivity index (χ4n) is 2.32. The van der Waals surface area contributed by atoms with Crippen molar-refractivity contribution in [2.24, 2.45) is 0 Å². The molecule has 0 saturated heterocycles. The smallest absolute Gasteiger partial charge is 0.258 e. The fourth-order valence-corrected chi connectivity index (χ4v) is 3.19. The molecule has 1 amide bonds. The second-order valence-corrected chi connectivity index (χ2v) is 6.68. The third-order valence-corrected chi connectivity index (χ3v) is 4.33. The van der Waals surface area contributed by atoms with Crippen molar-refractivity contribution < 1.29 is 13.6 Å². The number of amides is 1. The maximum absolute atomic E-state index is 13.7. The van der Waals surface area contributed by atoms with E-state index in [0.29, 0.717) is 16.9 Å². The van der Waals surface area contributed by atoms with Crippen LogP contribution in [0.4, 0.5) is 14.5 Å². The van der Waals surface area contributed by atoms with Gasteiger partial charge in [0.25, 0.3) is 5.91 Å². The number of halogens is 2. The molecule has 0 radical (unpaired) electrons. The number of rotatable bonds is 4. The Morgan fingerprint density at radius 1 is 0.962 bits per heavy atom. The summed E-state index contributed by atoms with van der Waals surface area (Å²) in [5, 5.41) is 3.23. The topological polar surface area (TPSA) is 54.9 Å². The van der Waals surface area contributed by atoms with Crippen molar-refractivity contribution in [2.45, 2.75) is 23.9 Å².